The number of piperidine rings is 1. The first kappa shape index (κ1) is 16.7. The predicted molar refractivity (Wildman–Crippen MR) is 81.9 cm³/mol. The van der Waals surface area contributed by atoms with E-state index in [1.165, 1.54) is 12.1 Å². The molecule has 1 amide bonds. The second kappa shape index (κ2) is 6.65. The van der Waals surface area contributed by atoms with Crippen molar-refractivity contribution in [3.8, 4) is 0 Å². The minimum Gasteiger partial charge on any atom is -0.444 e. The summed E-state index contributed by atoms with van der Waals surface area (Å²) in [6, 6.07) is 5.86. The Bertz CT molecular complexity index is 510. The predicted octanol–water partition coefficient (Wildman–Crippen LogP) is 3.51. The summed E-state index contributed by atoms with van der Waals surface area (Å²) in [5.41, 5.74) is 0.150. The van der Waals surface area contributed by atoms with Crippen LogP contribution in [-0.4, -0.2) is 34.8 Å². The summed E-state index contributed by atoms with van der Waals surface area (Å²) in [5.74, 6) is -0.387. The van der Waals surface area contributed by atoms with E-state index in [9.17, 15) is 14.3 Å². The van der Waals surface area contributed by atoms with Crippen molar-refractivity contribution in [2.45, 2.75) is 45.3 Å². The van der Waals surface area contributed by atoms with Crippen molar-refractivity contribution in [1.82, 2.24) is 4.90 Å². The van der Waals surface area contributed by atoms with E-state index in [0.717, 1.165) is 12.8 Å². The number of nitrogens with zero attached hydrogens (tertiary/aromatic N) is 1. The summed E-state index contributed by atoms with van der Waals surface area (Å²) in [5, 5.41) is 10.5. The Morgan fingerprint density at radius 1 is 1.36 bits per heavy atom. The largest absolute Gasteiger partial charge is 0.444 e. The molecule has 1 aliphatic rings. The van der Waals surface area contributed by atoms with Crippen molar-refractivity contribution in [2.24, 2.45) is 5.92 Å². The van der Waals surface area contributed by atoms with Crippen LogP contribution in [0.25, 0.3) is 0 Å². The van der Waals surface area contributed by atoms with Crippen LogP contribution in [0.3, 0.4) is 0 Å². The van der Waals surface area contributed by atoms with Crippen molar-refractivity contribution in [3.63, 3.8) is 0 Å². The molecule has 1 N–H and O–H groups in total. The molecule has 0 spiro atoms. The number of halogens is 1. The van der Waals surface area contributed by atoms with Gasteiger partial charge in [-0.05, 0) is 51.3 Å². The highest BCUT2D eigenvalue weighted by atomic mass is 19.1. The Morgan fingerprint density at radius 2 is 2.00 bits per heavy atom. The number of carbonyl (C=O) groups is 1. The monoisotopic (exact) mass is 309 g/mol. The van der Waals surface area contributed by atoms with E-state index in [0.29, 0.717) is 18.7 Å². The van der Waals surface area contributed by atoms with Gasteiger partial charge in [-0.25, -0.2) is 9.18 Å². The SMILES string of the molecule is CC(C)(C)OC(=O)N1CCCC(C(O)c2ccc(F)cc2)C1. The smallest absolute Gasteiger partial charge is 0.410 e. The van der Waals surface area contributed by atoms with Crippen molar-refractivity contribution in [3.05, 3.63) is 35.6 Å². The van der Waals surface area contributed by atoms with Crippen molar-refractivity contribution in [1.29, 1.82) is 0 Å². The van der Waals surface area contributed by atoms with Crippen LogP contribution in [0.15, 0.2) is 24.3 Å². The third-order valence-electron chi connectivity index (χ3n) is 3.77. The average Bonchev–Trinajstić information content (AvgIpc) is 2.46. The number of aliphatic hydroxyl groups excluding tert-OH is 1. The number of hydrogen-bond donors (Lipinski definition) is 1. The molecule has 2 unspecified atom stereocenters. The van der Waals surface area contributed by atoms with Crippen LogP contribution in [0.5, 0.6) is 0 Å². The molecule has 0 aromatic heterocycles. The molecule has 1 aliphatic heterocycles. The van der Waals surface area contributed by atoms with E-state index in [1.54, 1.807) is 17.0 Å². The van der Waals surface area contributed by atoms with Gasteiger partial charge < -0.3 is 14.7 Å². The molecule has 2 atom stereocenters. The van der Waals surface area contributed by atoms with Crippen LogP contribution in [-0.2, 0) is 4.74 Å². The van der Waals surface area contributed by atoms with Gasteiger partial charge in [-0.15, -0.1) is 0 Å². The Labute approximate surface area is 130 Å². The quantitative estimate of drug-likeness (QED) is 0.909. The number of amides is 1. The summed E-state index contributed by atoms with van der Waals surface area (Å²) >= 11 is 0. The number of ether oxygens (including phenoxy) is 1. The van der Waals surface area contributed by atoms with Crippen molar-refractivity contribution >= 4 is 6.09 Å². The van der Waals surface area contributed by atoms with Gasteiger partial charge in [0.15, 0.2) is 0 Å². The molecule has 0 aliphatic carbocycles. The first-order valence-corrected chi connectivity index (χ1v) is 7.68. The van der Waals surface area contributed by atoms with Gasteiger partial charge in [0, 0.05) is 19.0 Å². The zero-order valence-electron chi connectivity index (χ0n) is 13.4. The van der Waals surface area contributed by atoms with Gasteiger partial charge in [0.25, 0.3) is 0 Å². The van der Waals surface area contributed by atoms with Crippen molar-refractivity contribution in [2.75, 3.05) is 13.1 Å². The Morgan fingerprint density at radius 3 is 2.59 bits per heavy atom. The molecule has 4 nitrogen and oxygen atoms in total. The highest BCUT2D eigenvalue weighted by molar-refractivity contribution is 5.68. The van der Waals surface area contributed by atoms with Crippen LogP contribution in [0.1, 0.15) is 45.3 Å². The lowest BCUT2D eigenvalue weighted by molar-refractivity contribution is 0.00238. The third kappa shape index (κ3) is 4.44. The minimum atomic E-state index is -0.703. The second-order valence-corrected chi connectivity index (χ2v) is 6.83. The molecule has 2 rings (SSSR count). The summed E-state index contributed by atoms with van der Waals surface area (Å²) in [4.78, 5) is 13.8. The first-order chi connectivity index (χ1) is 10.3. The molecular formula is C17H24FNO3. The number of rotatable bonds is 2. The van der Waals surface area contributed by atoms with Gasteiger partial charge in [-0.2, -0.15) is 0 Å². The van der Waals surface area contributed by atoms with Crippen molar-refractivity contribution < 1.29 is 19.0 Å². The van der Waals surface area contributed by atoms with Gasteiger partial charge in [0.1, 0.15) is 11.4 Å². The Hall–Kier alpha value is -1.62. The molecule has 1 saturated heterocycles. The van der Waals surface area contributed by atoms with E-state index < -0.39 is 11.7 Å². The molecule has 1 heterocycles. The lowest BCUT2D eigenvalue weighted by Gasteiger charge is -2.36. The summed E-state index contributed by atoms with van der Waals surface area (Å²) in [6.07, 6.45) is 0.606. The molecule has 0 bridgehead atoms. The van der Waals surface area contributed by atoms with Gasteiger partial charge >= 0.3 is 6.09 Å². The fourth-order valence-electron chi connectivity index (χ4n) is 2.69. The van der Waals surface area contributed by atoms with Crippen LogP contribution in [0.4, 0.5) is 9.18 Å². The summed E-state index contributed by atoms with van der Waals surface area (Å²) < 4.78 is 18.3. The maximum absolute atomic E-state index is 13.0. The van der Waals surface area contributed by atoms with Crippen LogP contribution in [0, 0.1) is 11.7 Å². The fraction of sp³-hybridized carbons (Fsp3) is 0.588. The van der Waals surface area contributed by atoms with E-state index >= 15 is 0 Å². The summed E-state index contributed by atoms with van der Waals surface area (Å²) in [7, 11) is 0. The number of carbonyl (C=O) groups excluding carboxylic acids is 1. The first-order valence-electron chi connectivity index (χ1n) is 7.68. The van der Waals surface area contributed by atoms with E-state index in [4.69, 9.17) is 4.74 Å². The molecule has 22 heavy (non-hydrogen) atoms. The minimum absolute atomic E-state index is 0.0632. The Kier molecular flexibility index (Phi) is 5.06. The van der Waals surface area contributed by atoms with E-state index in [1.807, 2.05) is 20.8 Å². The molecule has 1 aromatic carbocycles. The molecule has 1 fully saturated rings. The van der Waals surface area contributed by atoms with Crippen LogP contribution >= 0.6 is 0 Å². The Balaban J connectivity index is 2.00. The lowest BCUT2D eigenvalue weighted by atomic mass is 9.89. The number of aliphatic hydroxyl groups is 1. The number of likely N-dealkylation sites (tertiary alicyclic amines) is 1. The molecular weight excluding hydrogens is 285 g/mol. The third-order valence-corrected chi connectivity index (χ3v) is 3.77. The van der Waals surface area contributed by atoms with E-state index in [2.05, 4.69) is 0 Å². The normalized spacial score (nSPS) is 20.6. The lowest BCUT2D eigenvalue weighted by Crippen LogP contribution is -2.44. The maximum atomic E-state index is 13.0. The second-order valence-electron chi connectivity index (χ2n) is 6.83. The topological polar surface area (TPSA) is 49.8 Å². The van der Waals surface area contributed by atoms with Gasteiger partial charge in [0.2, 0.25) is 0 Å². The molecule has 1 aromatic rings. The number of benzene rings is 1. The number of hydrogen-bond acceptors (Lipinski definition) is 3. The average molecular weight is 309 g/mol. The van der Waals surface area contributed by atoms with Crippen LogP contribution < -0.4 is 0 Å². The highest BCUT2D eigenvalue weighted by Gasteiger charge is 2.31. The molecule has 0 radical (unpaired) electrons. The highest BCUT2D eigenvalue weighted by Crippen LogP contribution is 2.30. The van der Waals surface area contributed by atoms with Gasteiger partial charge in [-0.1, -0.05) is 12.1 Å². The van der Waals surface area contributed by atoms with Gasteiger partial charge in [-0.3, -0.25) is 0 Å². The van der Waals surface area contributed by atoms with E-state index in [-0.39, 0.29) is 17.8 Å². The van der Waals surface area contributed by atoms with Crippen LogP contribution in [0.2, 0.25) is 0 Å². The molecule has 122 valence electrons. The zero-order chi connectivity index (χ0) is 16.3. The molecule has 0 saturated carbocycles. The summed E-state index contributed by atoms with van der Waals surface area (Å²) in [6.45, 7) is 6.59. The fourth-order valence-corrected chi connectivity index (χ4v) is 2.69. The zero-order valence-corrected chi connectivity index (χ0v) is 13.4. The molecule has 5 heteroatoms. The van der Waals surface area contributed by atoms with Gasteiger partial charge in [0.05, 0.1) is 6.10 Å². The standard InChI is InChI=1S/C17H24FNO3/c1-17(2,3)22-16(21)19-10-4-5-13(11-19)15(20)12-6-8-14(18)9-7-12/h6-9,13,15,20H,4-5,10-11H2,1-3H3. The maximum Gasteiger partial charge on any atom is 0.410 e.